The van der Waals surface area contributed by atoms with Crippen molar-refractivity contribution in [3.63, 3.8) is 0 Å². The van der Waals surface area contributed by atoms with Gasteiger partial charge in [-0.1, -0.05) is 62.4 Å². The summed E-state index contributed by atoms with van der Waals surface area (Å²) in [5.41, 5.74) is 6.47. The average molecular weight is 325 g/mol. The molecule has 0 aliphatic carbocycles. The number of carbonyl (C=O) groups excluding carboxylic acids is 2. The van der Waals surface area contributed by atoms with E-state index in [4.69, 9.17) is 0 Å². The molecule has 0 aliphatic rings. The summed E-state index contributed by atoms with van der Waals surface area (Å²) >= 11 is 0. The Morgan fingerprint density at radius 2 is 1.46 bits per heavy atom. The highest BCUT2D eigenvalue weighted by Gasteiger charge is 2.16. The Kier molecular flexibility index (Phi) is 6.51. The van der Waals surface area contributed by atoms with Crippen LogP contribution < -0.4 is 16.2 Å². The zero-order valence-electron chi connectivity index (χ0n) is 14.0. The first kappa shape index (κ1) is 17.7. The van der Waals surface area contributed by atoms with Gasteiger partial charge < -0.3 is 5.32 Å². The van der Waals surface area contributed by atoms with Crippen LogP contribution in [0.5, 0.6) is 0 Å². The van der Waals surface area contributed by atoms with Crippen LogP contribution >= 0.6 is 0 Å². The van der Waals surface area contributed by atoms with Gasteiger partial charge in [-0.2, -0.15) is 0 Å². The number of nitrogens with one attached hydrogen (secondary N) is 3. The zero-order valence-corrected chi connectivity index (χ0v) is 14.0. The molecule has 0 unspecified atom stereocenters. The molecule has 24 heavy (non-hydrogen) atoms. The standard InChI is InChI=1S/C19H23N3O2/c1-14(2)18(15-9-5-3-6-10-15)20-13-17(23)21-22-19(24)16-11-7-4-8-12-16/h3-12,14,18,20H,13H2,1-2H3,(H,21,23)(H,22,24)/t18-/m1/s1. The summed E-state index contributed by atoms with van der Waals surface area (Å²) in [7, 11) is 0. The van der Waals surface area contributed by atoms with Crippen LogP contribution in [0.15, 0.2) is 60.7 Å². The van der Waals surface area contributed by atoms with Crippen molar-refractivity contribution in [3.05, 3.63) is 71.8 Å². The minimum absolute atomic E-state index is 0.0711. The number of rotatable bonds is 6. The fourth-order valence-electron chi connectivity index (χ4n) is 2.43. The van der Waals surface area contributed by atoms with Crippen molar-refractivity contribution < 1.29 is 9.59 Å². The van der Waals surface area contributed by atoms with E-state index in [0.717, 1.165) is 5.56 Å². The summed E-state index contributed by atoms with van der Waals surface area (Å²) in [5.74, 6) is -0.299. The highest BCUT2D eigenvalue weighted by molar-refractivity contribution is 5.95. The maximum atomic E-state index is 11.9. The summed E-state index contributed by atoms with van der Waals surface area (Å²) in [6.07, 6.45) is 0. The number of hydrazine groups is 1. The van der Waals surface area contributed by atoms with E-state index in [-0.39, 0.29) is 24.4 Å². The number of carbonyl (C=O) groups is 2. The molecule has 3 N–H and O–H groups in total. The Balaban J connectivity index is 1.82. The maximum absolute atomic E-state index is 11.9. The molecule has 2 rings (SSSR count). The third kappa shape index (κ3) is 5.21. The summed E-state index contributed by atoms with van der Waals surface area (Å²) in [6.45, 7) is 4.31. The van der Waals surface area contributed by atoms with Gasteiger partial charge >= 0.3 is 0 Å². The van der Waals surface area contributed by atoms with Gasteiger partial charge in [0.15, 0.2) is 0 Å². The second-order valence-electron chi connectivity index (χ2n) is 5.88. The lowest BCUT2D eigenvalue weighted by molar-refractivity contribution is -0.121. The van der Waals surface area contributed by atoms with E-state index in [1.165, 1.54) is 0 Å². The fraction of sp³-hybridized carbons (Fsp3) is 0.263. The first-order valence-electron chi connectivity index (χ1n) is 8.00. The predicted octanol–water partition coefficient (Wildman–Crippen LogP) is 2.43. The molecule has 5 nitrogen and oxygen atoms in total. The quantitative estimate of drug-likeness (QED) is 0.715. The first-order chi connectivity index (χ1) is 11.6. The normalized spacial score (nSPS) is 11.8. The van der Waals surface area contributed by atoms with Crippen LogP contribution in [0.4, 0.5) is 0 Å². The molecule has 0 heterocycles. The molecule has 0 fully saturated rings. The van der Waals surface area contributed by atoms with E-state index in [2.05, 4.69) is 30.0 Å². The Bertz CT molecular complexity index is 657. The minimum atomic E-state index is -0.340. The molecule has 2 aromatic carbocycles. The third-order valence-corrected chi connectivity index (χ3v) is 3.66. The first-order valence-corrected chi connectivity index (χ1v) is 8.00. The molecule has 1 atom stereocenters. The Morgan fingerprint density at radius 3 is 2.04 bits per heavy atom. The molecule has 126 valence electrons. The fourth-order valence-corrected chi connectivity index (χ4v) is 2.43. The molecule has 0 bridgehead atoms. The second kappa shape index (κ2) is 8.84. The van der Waals surface area contributed by atoms with Crippen LogP contribution in [0, 0.1) is 5.92 Å². The van der Waals surface area contributed by atoms with E-state index >= 15 is 0 Å². The SMILES string of the molecule is CC(C)[C@@H](NCC(=O)NNC(=O)c1ccccc1)c1ccccc1. The van der Waals surface area contributed by atoms with Crippen molar-refractivity contribution >= 4 is 11.8 Å². The molecule has 2 amide bonds. The van der Waals surface area contributed by atoms with E-state index in [9.17, 15) is 9.59 Å². The smallest absolute Gasteiger partial charge is 0.269 e. The van der Waals surface area contributed by atoms with E-state index in [1.54, 1.807) is 24.3 Å². The van der Waals surface area contributed by atoms with Crippen molar-refractivity contribution in [2.75, 3.05) is 6.54 Å². The Labute approximate surface area is 142 Å². The van der Waals surface area contributed by atoms with Gasteiger partial charge in [-0.25, -0.2) is 0 Å². The van der Waals surface area contributed by atoms with Gasteiger partial charge in [0.2, 0.25) is 0 Å². The largest absolute Gasteiger partial charge is 0.301 e. The predicted molar refractivity (Wildman–Crippen MR) is 94.1 cm³/mol. The molecular weight excluding hydrogens is 302 g/mol. The van der Waals surface area contributed by atoms with Crippen LogP contribution in [0.2, 0.25) is 0 Å². The minimum Gasteiger partial charge on any atom is -0.301 e. The van der Waals surface area contributed by atoms with Gasteiger partial charge in [0.05, 0.1) is 6.54 Å². The van der Waals surface area contributed by atoms with Crippen LogP contribution in [-0.2, 0) is 4.79 Å². The Morgan fingerprint density at radius 1 is 0.875 bits per heavy atom. The van der Waals surface area contributed by atoms with Crippen LogP contribution in [0.1, 0.15) is 35.8 Å². The lowest BCUT2D eigenvalue weighted by atomic mass is 9.96. The van der Waals surface area contributed by atoms with Crippen LogP contribution in [0.25, 0.3) is 0 Å². The van der Waals surface area contributed by atoms with Gasteiger partial charge in [0, 0.05) is 11.6 Å². The van der Waals surface area contributed by atoms with Gasteiger partial charge in [0.25, 0.3) is 11.8 Å². The van der Waals surface area contributed by atoms with Gasteiger partial charge in [0.1, 0.15) is 0 Å². The van der Waals surface area contributed by atoms with E-state index in [0.29, 0.717) is 11.5 Å². The monoisotopic (exact) mass is 325 g/mol. The highest BCUT2D eigenvalue weighted by atomic mass is 16.2. The van der Waals surface area contributed by atoms with Crippen molar-refractivity contribution in [1.82, 2.24) is 16.2 Å². The van der Waals surface area contributed by atoms with Crippen LogP contribution in [-0.4, -0.2) is 18.4 Å². The molecular formula is C19H23N3O2. The molecule has 0 saturated carbocycles. The lowest BCUT2D eigenvalue weighted by Crippen LogP contribution is -2.46. The second-order valence-corrected chi connectivity index (χ2v) is 5.88. The van der Waals surface area contributed by atoms with Crippen molar-refractivity contribution in [1.29, 1.82) is 0 Å². The average Bonchev–Trinajstić information content (AvgIpc) is 2.61. The topological polar surface area (TPSA) is 70.2 Å². The van der Waals surface area contributed by atoms with E-state index in [1.807, 2.05) is 36.4 Å². The summed E-state index contributed by atoms with van der Waals surface area (Å²) in [6, 6.07) is 18.8. The summed E-state index contributed by atoms with van der Waals surface area (Å²) in [5, 5.41) is 3.24. The number of amides is 2. The zero-order chi connectivity index (χ0) is 17.4. The molecule has 0 aromatic heterocycles. The van der Waals surface area contributed by atoms with Crippen molar-refractivity contribution in [3.8, 4) is 0 Å². The van der Waals surface area contributed by atoms with E-state index < -0.39 is 0 Å². The number of benzene rings is 2. The number of hydrogen-bond donors (Lipinski definition) is 3. The molecule has 0 saturated heterocycles. The summed E-state index contributed by atoms with van der Waals surface area (Å²) < 4.78 is 0. The van der Waals surface area contributed by atoms with Crippen molar-refractivity contribution in [2.45, 2.75) is 19.9 Å². The molecule has 2 aromatic rings. The maximum Gasteiger partial charge on any atom is 0.269 e. The molecule has 0 aliphatic heterocycles. The lowest BCUT2D eigenvalue weighted by Gasteiger charge is -2.22. The van der Waals surface area contributed by atoms with Gasteiger partial charge in [-0.15, -0.1) is 0 Å². The molecule has 0 radical (unpaired) electrons. The third-order valence-electron chi connectivity index (χ3n) is 3.66. The van der Waals surface area contributed by atoms with Crippen molar-refractivity contribution in [2.24, 2.45) is 5.92 Å². The van der Waals surface area contributed by atoms with Crippen LogP contribution in [0.3, 0.4) is 0 Å². The summed E-state index contributed by atoms with van der Waals surface area (Å²) in [4.78, 5) is 23.8. The molecule has 0 spiro atoms. The van der Waals surface area contributed by atoms with Gasteiger partial charge in [-0.3, -0.25) is 20.4 Å². The number of hydrogen-bond acceptors (Lipinski definition) is 3. The molecule has 5 heteroatoms. The Hall–Kier alpha value is -2.66. The van der Waals surface area contributed by atoms with Gasteiger partial charge in [-0.05, 0) is 23.6 Å². The highest BCUT2D eigenvalue weighted by Crippen LogP contribution is 2.20.